The molecule has 12 atom stereocenters. The quantitative estimate of drug-likeness (QED) is 0.0820. The van der Waals surface area contributed by atoms with E-state index in [2.05, 4.69) is 73.1 Å². The van der Waals surface area contributed by atoms with Crippen molar-refractivity contribution >= 4 is 38.6 Å². The SMILES string of the molecule is CCCN(CCC)C[C@H]1/C=C(C)/C=C/C(=O)[C@H](C)C[C@H](CCN(Cc2ccc(Br)cc2)Cc2cn(-c3cnc4ccccc4c3)nn2)[C@H](O[C@@H]2O[C@H](C)[C@@H](O)[C@H](N(C)C)[C@H]2O)[C@@H](C)[C@H](O)CC(=O)O[C@@H]1CC. The fourth-order valence-corrected chi connectivity index (χ4v) is 10.7. The molecule has 2 aromatic carbocycles. The predicted octanol–water partition coefficient (Wildman–Crippen LogP) is 7.93. The fourth-order valence-electron chi connectivity index (χ4n) is 10.4. The summed E-state index contributed by atoms with van der Waals surface area (Å²) in [5, 5.41) is 45.4. The largest absolute Gasteiger partial charge is 0.462 e. The van der Waals surface area contributed by atoms with Crippen LogP contribution in [-0.4, -0.2) is 151 Å². The number of aliphatic hydroxyl groups excluding tert-OH is 3. The van der Waals surface area contributed by atoms with Gasteiger partial charge in [0.15, 0.2) is 12.1 Å². The summed E-state index contributed by atoms with van der Waals surface area (Å²) >= 11 is 3.58. The molecular formula is C56H80BrN7O8. The van der Waals surface area contributed by atoms with Crippen molar-refractivity contribution in [2.45, 2.75) is 149 Å². The molecule has 0 radical (unpaired) electrons. The van der Waals surface area contributed by atoms with Crippen LogP contribution in [0.2, 0.25) is 0 Å². The number of aliphatic hydroxyl groups is 3. The van der Waals surface area contributed by atoms with Crippen LogP contribution in [0.25, 0.3) is 16.6 Å². The number of likely N-dealkylation sites (N-methyl/N-ethyl adjacent to an activating group) is 1. The van der Waals surface area contributed by atoms with Gasteiger partial charge in [0.05, 0.1) is 66.2 Å². The first-order chi connectivity index (χ1) is 34.5. The van der Waals surface area contributed by atoms with Crippen LogP contribution in [0.4, 0.5) is 0 Å². The van der Waals surface area contributed by atoms with Crippen LogP contribution in [-0.2, 0) is 36.9 Å². The number of cyclic esters (lactones) is 1. The number of halogens is 1. The normalized spacial score (nSPS) is 29.4. The van der Waals surface area contributed by atoms with Gasteiger partial charge in [0.2, 0.25) is 0 Å². The zero-order valence-corrected chi connectivity index (χ0v) is 45.5. The first-order valence-electron chi connectivity index (χ1n) is 26.0. The third kappa shape index (κ3) is 15.7. The van der Waals surface area contributed by atoms with E-state index >= 15 is 0 Å². The minimum Gasteiger partial charge on any atom is -0.462 e. The number of ether oxygens (including phenoxy) is 3. The summed E-state index contributed by atoms with van der Waals surface area (Å²) in [6, 6.07) is 17.4. The molecule has 6 rings (SSSR count). The van der Waals surface area contributed by atoms with Crippen LogP contribution in [0.15, 0.2) is 95.3 Å². The molecule has 4 aromatic rings. The van der Waals surface area contributed by atoms with Gasteiger partial charge in [0, 0.05) is 47.2 Å². The molecule has 0 unspecified atom stereocenters. The molecule has 0 aliphatic carbocycles. The molecule has 0 saturated carbocycles. The van der Waals surface area contributed by atoms with Gasteiger partial charge in [-0.05, 0) is 122 Å². The highest BCUT2D eigenvalue weighted by Gasteiger charge is 2.47. The van der Waals surface area contributed by atoms with Crippen LogP contribution in [0.3, 0.4) is 0 Å². The minimum absolute atomic E-state index is 0.0507. The van der Waals surface area contributed by atoms with Crippen molar-refractivity contribution in [3.63, 3.8) is 0 Å². The molecule has 16 heteroatoms. The number of hydrogen-bond acceptors (Lipinski definition) is 14. The standard InChI is InChI=1S/C56H80BrN7O8/c1-10-24-62(25-11-2)33-43-27-36(4)17-22-48(65)37(5)28-42(55(38(6)49(66)30-51(67)71-50(43)12-3)72-56-54(69)52(61(8)9)53(68)39(7)70-56)23-26-63(32-40-18-20-44(57)21-19-40)34-45-35-64(60-59-45)46-29-41-15-13-14-16-47(41)58-31-46/h13-22,27,29,31,35,37-39,42-43,49-50,52-56,66,68-69H,10-12,23-26,28,30,32-34H2,1-9H3/b22-17+,36-27+/t37-,38+,39-,42+,43-,49-,50-,52+,53-,54-,55-,56+/m1/s1. The number of pyridine rings is 1. The molecule has 2 aromatic heterocycles. The second-order valence-corrected chi connectivity index (χ2v) is 21.4. The molecule has 1 saturated heterocycles. The van der Waals surface area contributed by atoms with Crippen LogP contribution in [0, 0.1) is 23.7 Å². The van der Waals surface area contributed by atoms with Gasteiger partial charge < -0.3 is 39.3 Å². The van der Waals surface area contributed by atoms with Crippen molar-refractivity contribution in [1.82, 2.24) is 34.7 Å². The number of ketones is 1. The molecule has 3 N–H and O–H groups in total. The molecule has 0 bridgehead atoms. The molecule has 0 amide bonds. The predicted molar refractivity (Wildman–Crippen MR) is 284 cm³/mol. The van der Waals surface area contributed by atoms with E-state index < -0.39 is 72.7 Å². The van der Waals surface area contributed by atoms with Gasteiger partial charge in [-0.3, -0.25) is 19.5 Å². The van der Waals surface area contributed by atoms with Gasteiger partial charge in [-0.25, -0.2) is 4.68 Å². The molecule has 0 spiro atoms. The number of allylic oxidation sites excluding steroid dienone is 3. The minimum atomic E-state index is -1.27. The number of nitrogens with zero attached hydrogens (tertiary/aromatic N) is 7. The lowest BCUT2D eigenvalue weighted by molar-refractivity contribution is -0.304. The number of para-hydroxylation sites is 1. The molecule has 2 aliphatic heterocycles. The summed E-state index contributed by atoms with van der Waals surface area (Å²) in [4.78, 5) is 39.5. The highest BCUT2D eigenvalue weighted by atomic mass is 79.9. The summed E-state index contributed by atoms with van der Waals surface area (Å²) < 4.78 is 22.2. The lowest BCUT2D eigenvalue weighted by Gasteiger charge is -2.46. The van der Waals surface area contributed by atoms with E-state index in [1.807, 2.05) is 82.4 Å². The third-order valence-corrected chi connectivity index (χ3v) is 14.9. The van der Waals surface area contributed by atoms with Gasteiger partial charge in [0.1, 0.15) is 12.2 Å². The van der Waals surface area contributed by atoms with Crippen molar-refractivity contribution in [2.24, 2.45) is 23.7 Å². The van der Waals surface area contributed by atoms with Gasteiger partial charge in [-0.2, -0.15) is 0 Å². The van der Waals surface area contributed by atoms with E-state index in [0.29, 0.717) is 45.4 Å². The Bertz CT molecular complexity index is 2390. The maximum absolute atomic E-state index is 14.3. The third-order valence-electron chi connectivity index (χ3n) is 14.4. The Labute approximate surface area is 435 Å². The zero-order chi connectivity index (χ0) is 52.1. The number of fused-ring (bicyclic) bond motifs is 1. The van der Waals surface area contributed by atoms with Crippen molar-refractivity contribution in [3.05, 3.63) is 107 Å². The Morgan fingerprint density at radius 2 is 1.62 bits per heavy atom. The highest BCUT2D eigenvalue weighted by molar-refractivity contribution is 9.10. The highest BCUT2D eigenvalue weighted by Crippen LogP contribution is 2.35. The fraction of sp³-hybridized carbons (Fsp3) is 0.589. The van der Waals surface area contributed by atoms with Gasteiger partial charge in [0.25, 0.3) is 0 Å². The van der Waals surface area contributed by atoms with E-state index in [0.717, 1.165) is 63.8 Å². The van der Waals surface area contributed by atoms with Crippen molar-refractivity contribution in [2.75, 3.05) is 40.3 Å². The van der Waals surface area contributed by atoms with Crippen molar-refractivity contribution in [1.29, 1.82) is 0 Å². The van der Waals surface area contributed by atoms with E-state index in [4.69, 9.17) is 14.2 Å². The zero-order valence-electron chi connectivity index (χ0n) is 43.9. The number of aromatic nitrogens is 4. The maximum atomic E-state index is 14.3. The first-order valence-corrected chi connectivity index (χ1v) is 26.8. The van der Waals surface area contributed by atoms with Crippen LogP contribution >= 0.6 is 15.9 Å². The lowest BCUT2D eigenvalue weighted by atomic mass is 9.79. The molecular weight excluding hydrogens is 979 g/mol. The number of rotatable bonds is 18. The monoisotopic (exact) mass is 1060 g/mol. The average molecular weight is 1060 g/mol. The second kappa shape index (κ2) is 27.3. The molecule has 2 aliphatic rings. The number of carbonyl (C=O) groups excluding carboxylic acids is 2. The van der Waals surface area contributed by atoms with Crippen molar-refractivity contribution in [3.8, 4) is 5.69 Å². The second-order valence-electron chi connectivity index (χ2n) is 20.5. The summed E-state index contributed by atoms with van der Waals surface area (Å²) in [6.07, 6.45) is 5.73. The Balaban J connectivity index is 1.37. The average Bonchev–Trinajstić information content (AvgIpc) is 3.82. The number of esters is 1. The van der Waals surface area contributed by atoms with Gasteiger partial charge in [-0.1, -0.05) is 104 Å². The molecule has 4 heterocycles. The molecule has 72 heavy (non-hydrogen) atoms. The van der Waals surface area contributed by atoms with E-state index in [1.54, 1.807) is 42.9 Å². The maximum Gasteiger partial charge on any atom is 0.308 e. The van der Waals surface area contributed by atoms with Gasteiger partial charge in [-0.15, -0.1) is 5.10 Å². The Hall–Kier alpha value is -4.23. The number of hydrogen-bond donors (Lipinski definition) is 3. The molecule has 15 nitrogen and oxygen atoms in total. The Kier molecular flexibility index (Phi) is 21.7. The smallest absolute Gasteiger partial charge is 0.308 e. The molecule has 394 valence electrons. The van der Waals surface area contributed by atoms with Gasteiger partial charge >= 0.3 is 5.97 Å². The topological polar surface area (TPSA) is 176 Å². The van der Waals surface area contributed by atoms with E-state index in [1.165, 1.54) is 0 Å². The van der Waals surface area contributed by atoms with E-state index in [-0.39, 0.29) is 18.1 Å². The lowest BCUT2D eigenvalue weighted by Crippen LogP contribution is -2.63. The summed E-state index contributed by atoms with van der Waals surface area (Å²) in [5.41, 5.74) is 4.38. The van der Waals surface area contributed by atoms with Crippen LogP contribution in [0.1, 0.15) is 98.2 Å². The molecule has 1 fully saturated rings. The summed E-state index contributed by atoms with van der Waals surface area (Å²) in [5.74, 6) is -2.31. The van der Waals surface area contributed by atoms with Crippen LogP contribution < -0.4 is 0 Å². The Morgan fingerprint density at radius 3 is 2.32 bits per heavy atom. The van der Waals surface area contributed by atoms with Crippen molar-refractivity contribution < 1.29 is 39.1 Å². The summed E-state index contributed by atoms with van der Waals surface area (Å²) in [6.45, 7) is 17.8. The Morgan fingerprint density at radius 1 is 0.903 bits per heavy atom. The number of carbonyl (C=O) groups is 2. The van der Waals surface area contributed by atoms with E-state index in [9.17, 15) is 24.9 Å². The first kappa shape index (κ1) is 57.1. The number of benzene rings is 2. The van der Waals surface area contributed by atoms with Crippen LogP contribution in [0.5, 0.6) is 0 Å². The summed E-state index contributed by atoms with van der Waals surface area (Å²) in [7, 11) is 3.57.